The number of allylic oxidation sites excluding steroid dienone is 2. The van der Waals surface area contributed by atoms with Crippen molar-refractivity contribution in [3.05, 3.63) is 23.3 Å². The highest BCUT2D eigenvalue weighted by atomic mass is 19.4. The van der Waals surface area contributed by atoms with Crippen LogP contribution in [0.2, 0.25) is 0 Å². The van der Waals surface area contributed by atoms with E-state index < -0.39 is 102 Å². The molecule has 0 bridgehead atoms. The van der Waals surface area contributed by atoms with Gasteiger partial charge in [0.1, 0.15) is 0 Å². The maximum Gasteiger partial charge on any atom is 0.438 e. The highest BCUT2D eigenvalue weighted by Crippen LogP contribution is 2.59. The SMILES string of the molecule is CC(=CC(C(F)(F)F)C(F)(F)F)C(=O)OC(C)CCC(=CC(F)(F)C(F)(F)C(F)(C(F)(F)F)C(F)(F)F)C(=O)O. The van der Waals surface area contributed by atoms with Crippen LogP contribution in [0, 0.1) is 5.92 Å². The van der Waals surface area contributed by atoms with Crippen molar-refractivity contribution in [2.24, 2.45) is 5.92 Å². The smallest absolute Gasteiger partial charge is 0.438 e. The van der Waals surface area contributed by atoms with Gasteiger partial charge in [-0.25, -0.2) is 14.0 Å². The zero-order valence-electron chi connectivity index (χ0n) is 19.3. The van der Waals surface area contributed by atoms with Crippen LogP contribution in [0.15, 0.2) is 23.3 Å². The molecule has 0 aromatic carbocycles. The van der Waals surface area contributed by atoms with Crippen LogP contribution in [0.5, 0.6) is 0 Å². The monoisotopic (exact) mass is 630 g/mol. The van der Waals surface area contributed by atoms with Crippen LogP contribution in [0.3, 0.4) is 0 Å². The van der Waals surface area contributed by atoms with E-state index in [0.29, 0.717) is 13.8 Å². The first-order valence-electron chi connectivity index (χ1n) is 9.90. The summed E-state index contributed by atoms with van der Waals surface area (Å²) in [5.74, 6) is -23.2. The molecule has 1 unspecified atom stereocenters. The summed E-state index contributed by atoms with van der Waals surface area (Å²) in [7, 11) is 0. The van der Waals surface area contributed by atoms with Gasteiger partial charge >= 0.3 is 54.2 Å². The summed E-state index contributed by atoms with van der Waals surface area (Å²) in [5, 5.41) is 8.84. The van der Waals surface area contributed by atoms with Crippen LogP contribution in [0.1, 0.15) is 26.7 Å². The zero-order valence-corrected chi connectivity index (χ0v) is 19.3. The number of hydrogen-bond acceptors (Lipinski definition) is 3. The van der Waals surface area contributed by atoms with E-state index in [1.807, 2.05) is 0 Å². The molecule has 4 nitrogen and oxygen atoms in total. The number of aliphatic carboxylic acids is 1. The zero-order chi connectivity index (χ0) is 32.5. The molecule has 40 heavy (non-hydrogen) atoms. The fraction of sp³-hybridized carbons (Fsp3) is 0.684. The van der Waals surface area contributed by atoms with Crippen molar-refractivity contribution in [3.63, 3.8) is 0 Å². The van der Waals surface area contributed by atoms with Gasteiger partial charge in [0.2, 0.25) is 0 Å². The Kier molecular flexibility index (Phi) is 10.8. The molecule has 234 valence electrons. The molecule has 0 heterocycles. The van der Waals surface area contributed by atoms with Crippen molar-refractivity contribution < 1.29 is 94.1 Å². The van der Waals surface area contributed by atoms with Crippen molar-refractivity contribution in [1.29, 1.82) is 0 Å². The number of esters is 1. The van der Waals surface area contributed by atoms with Crippen LogP contribution in [0.25, 0.3) is 0 Å². The third kappa shape index (κ3) is 8.14. The summed E-state index contributed by atoms with van der Waals surface area (Å²) in [6.07, 6.45) is -33.9. The standard InChI is InChI=1S/C19H15F17O4/c1-7(5-10(14(22,23)24)15(25,26)27)12(39)40-8(2)3-4-9(11(37)38)6-13(20,21)17(29,30)16(28,18(31,32)33)19(34,35)36/h5-6,8,10H,3-4H2,1-2H3,(H,37,38). The van der Waals surface area contributed by atoms with Crippen LogP contribution in [-0.2, 0) is 14.3 Å². The molecule has 0 fully saturated rings. The Hall–Kier alpha value is -2.77. The summed E-state index contributed by atoms with van der Waals surface area (Å²) in [6, 6.07) is 0. The van der Waals surface area contributed by atoms with Crippen molar-refractivity contribution in [1.82, 2.24) is 0 Å². The molecule has 0 radical (unpaired) electrons. The lowest BCUT2D eigenvalue weighted by molar-refractivity contribution is -0.420. The Morgan fingerprint density at radius 2 is 1.18 bits per heavy atom. The molecule has 0 aromatic heterocycles. The van der Waals surface area contributed by atoms with Gasteiger partial charge in [-0.3, -0.25) is 0 Å². The van der Waals surface area contributed by atoms with Gasteiger partial charge in [0.15, 0.2) is 5.92 Å². The van der Waals surface area contributed by atoms with E-state index in [0.717, 1.165) is 0 Å². The molecule has 0 saturated carbocycles. The third-order valence-corrected chi connectivity index (χ3v) is 4.84. The van der Waals surface area contributed by atoms with Gasteiger partial charge in [0.25, 0.3) is 0 Å². The topological polar surface area (TPSA) is 63.6 Å². The molecule has 21 heteroatoms. The van der Waals surface area contributed by atoms with Gasteiger partial charge < -0.3 is 9.84 Å². The summed E-state index contributed by atoms with van der Waals surface area (Å²) >= 11 is 0. The van der Waals surface area contributed by atoms with Crippen LogP contribution in [-0.4, -0.2) is 65.4 Å². The number of hydrogen-bond donors (Lipinski definition) is 1. The normalized spacial score (nSPS) is 16.3. The number of carboxylic acids is 1. The van der Waals surface area contributed by atoms with E-state index in [-0.39, 0.29) is 0 Å². The largest absolute Gasteiger partial charge is 0.478 e. The number of alkyl halides is 17. The fourth-order valence-corrected chi connectivity index (χ4v) is 2.68. The summed E-state index contributed by atoms with van der Waals surface area (Å²) in [6.45, 7) is 1.12. The summed E-state index contributed by atoms with van der Waals surface area (Å²) < 4.78 is 224. The van der Waals surface area contributed by atoms with E-state index >= 15 is 0 Å². The average molecular weight is 630 g/mol. The second-order valence-corrected chi connectivity index (χ2v) is 7.99. The van der Waals surface area contributed by atoms with Crippen molar-refractivity contribution in [2.75, 3.05) is 0 Å². The minimum atomic E-state index is -7.87. The molecule has 1 N–H and O–H groups in total. The Morgan fingerprint density at radius 3 is 1.50 bits per heavy atom. The fourth-order valence-electron chi connectivity index (χ4n) is 2.68. The number of carboxylic acid groups (broad SMARTS) is 1. The highest BCUT2D eigenvalue weighted by molar-refractivity contribution is 5.88. The third-order valence-electron chi connectivity index (χ3n) is 4.84. The first-order valence-corrected chi connectivity index (χ1v) is 9.90. The lowest BCUT2D eigenvalue weighted by Crippen LogP contribution is -2.69. The molecule has 0 aromatic rings. The number of halogens is 17. The van der Waals surface area contributed by atoms with Gasteiger partial charge in [0, 0.05) is 17.2 Å². The molecule has 1 atom stereocenters. The molecule has 0 aliphatic carbocycles. The molecule has 0 rings (SSSR count). The lowest BCUT2D eigenvalue weighted by Gasteiger charge is -2.38. The van der Waals surface area contributed by atoms with Gasteiger partial charge in [-0.05, 0) is 26.7 Å². The molecule has 0 amide bonds. The maximum atomic E-state index is 13.9. The molecular formula is C19H15F17O4. The van der Waals surface area contributed by atoms with Gasteiger partial charge in [-0.15, -0.1) is 0 Å². The number of carbonyl (C=O) groups is 2. The van der Waals surface area contributed by atoms with Gasteiger partial charge in [-0.1, -0.05) is 6.08 Å². The highest BCUT2D eigenvalue weighted by Gasteiger charge is 2.89. The predicted octanol–water partition coefficient (Wildman–Crippen LogP) is 7.50. The van der Waals surface area contributed by atoms with Crippen LogP contribution < -0.4 is 0 Å². The number of rotatable bonds is 10. The first kappa shape index (κ1) is 37.2. The van der Waals surface area contributed by atoms with E-state index in [9.17, 15) is 84.2 Å². The van der Waals surface area contributed by atoms with E-state index in [1.165, 1.54) is 0 Å². The second kappa shape index (κ2) is 11.6. The minimum absolute atomic E-state index is 0.412. The summed E-state index contributed by atoms with van der Waals surface area (Å²) in [4.78, 5) is 22.8. The number of ether oxygens (including phenoxy) is 1. The van der Waals surface area contributed by atoms with Gasteiger partial charge in [0.05, 0.1) is 6.10 Å². The van der Waals surface area contributed by atoms with E-state index in [1.54, 1.807) is 0 Å². The average Bonchev–Trinajstić information content (AvgIpc) is 2.70. The van der Waals surface area contributed by atoms with Crippen molar-refractivity contribution >= 4 is 11.9 Å². The molecular weight excluding hydrogens is 615 g/mol. The lowest BCUT2D eigenvalue weighted by atomic mass is 9.89. The Morgan fingerprint density at radius 1 is 0.775 bits per heavy atom. The van der Waals surface area contributed by atoms with Crippen LogP contribution >= 0.6 is 0 Å². The molecule has 0 saturated heterocycles. The first-order chi connectivity index (χ1) is 17.3. The molecule has 0 aliphatic rings. The van der Waals surface area contributed by atoms with E-state index in [4.69, 9.17) is 5.11 Å². The number of carbonyl (C=O) groups excluding carboxylic acids is 1. The molecule has 0 spiro atoms. The van der Waals surface area contributed by atoms with E-state index in [2.05, 4.69) is 4.74 Å². The Balaban J connectivity index is 6.03. The maximum absolute atomic E-state index is 13.9. The predicted molar refractivity (Wildman–Crippen MR) is 95.7 cm³/mol. The minimum Gasteiger partial charge on any atom is -0.478 e. The summed E-state index contributed by atoms with van der Waals surface area (Å²) in [5.41, 5.74) is -11.2. The second-order valence-electron chi connectivity index (χ2n) is 7.99. The Bertz CT molecular complexity index is 955. The quantitative estimate of drug-likeness (QED) is 0.154. The Labute approximate surface area is 211 Å². The van der Waals surface area contributed by atoms with Gasteiger partial charge in [-0.2, -0.15) is 70.2 Å². The van der Waals surface area contributed by atoms with Crippen LogP contribution in [0.4, 0.5) is 74.6 Å². The van der Waals surface area contributed by atoms with Crippen molar-refractivity contribution in [2.45, 2.75) is 75.0 Å². The molecule has 0 aliphatic heterocycles. The van der Waals surface area contributed by atoms with Crippen molar-refractivity contribution in [3.8, 4) is 0 Å².